The fourth-order valence-corrected chi connectivity index (χ4v) is 4.89. The zero-order valence-electron chi connectivity index (χ0n) is 20.2. The number of alkyl halides is 2. The number of likely N-dealkylation sites (tertiary alicyclic amines) is 1. The van der Waals surface area contributed by atoms with Crippen LogP contribution >= 0.6 is 0 Å². The van der Waals surface area contributed by atoms with Crippen LogP contribution in [0.15, 0.2) is 50.2 Å². The van der Waals surface area contributed by atoms with Gasteiger partial charge in [-0.25, -0.2) is 9.18 Å². The molecule has 3 aromatic heterocycles. The second-order valence-corrected chi connectivity index (χ2v) is 9.45. The second kappa shape index (κ2) is 10.1. The number of hydrogen-bond donors (Lipinski definition) is 1. The topological polar surface area (TPSA) is 115 Å². The quantitative estimate of drug-likeness (QED) is 0.387. The first-order valence-corrected chi connectivity index (χ1v) is 12.3. The van der Waals surface area contributed by atoms with Crippen LogP contribution in [0.3, 0.4) is 0 Å². The summed E-state index contributed by atoms with van der Waals surface area (Å²) in [5.74, 6) is -2.06. The Morgan fingerprint density at radius 3 is 2.53 bits per heavy atom. The molecule has 38 heavy (non-hydrogen) atoms. The lowest BCUT2D eigenvalue weighted by atomic mass is 9.87. The molecule has 13 heteroatoms. The number of rotatable bonds is 7. The standard InChI is InChI=1S/C25H24F3N7O3/c26-20-18(14-6-8-34(9-7-14)17-11-29-12-17)2-1-3-19(20)23-33-35(25(36)38-23)13-16-5-4-15(10-30-16)22-31-32-24(37-22)21(27)28/h1-5,10,14,17,21,29H,6-9,11-13H2. The molecule has 2 aliphatic rings. The lowest BCUT2D eigenvalue weighted by molar-refractivity contribution is 0.113. The Morgan fingerprint density at radius 1 is 1.05 bits per heavy atom. The third-order valence-electron chi connectivity index (χ3n) is 7.12. The van der Waals surface area contributed by atoms with Crippen molar-refractivity contribution in [3.8, 4) is 22.9 Å². The zero-order valence-corrected chi connectivity index (χ0v) is 20.2. The van der Waals surface area contributed by atoms with Crippen LogP contribution in [0.4, 0.5) is 13.2 Å². The highest BCUT2D eigenvalue weighted by molar-refractivity contribution is 5.56. The number of benzene rings is 1. The maximum Gasteiger partial charge on any atom is 0.437 e. The first kappa shape index (κ1) is 24.5. The molecule has 0 spiro atoms. The van der Waals surface area contributed by atoms with Gasteiger partial charge in [-0.1, -0.05) is 12.1 Å². The van der Waals surface area contributed by atoms with E-state index in [1.165, 1.54) is 6.20 Å². The van der Waals surface area contributed by atoms with Gasteiger partial charge in [0.2, 0.25) is 5.89 Å². The van der Waals surface area contributed by atoms with Crippen molar-refractivity contribution < 1.29 is 22.0 Å². The fraction of sp³-hybridized carbons (Fsp3) is 0.400. The van der Waals surface area contributed by atoms with E-state index in [9.17, 15) is 13.6 Å². The average Bonchev–Trinajstić information content (AvgIpc) is 3.52. The van der Waals surface area contributed by atoms with Crippen LogP contribution in [0.2, 0.25) is 0 Å². The number of halogens is 3. The van der Waals surface area contributed by atoms with Crippen LogP contribution in [0.5, 0.6) is 0 Å². The van der Waals surface area contributed by atoms with Gasteiger partial charge in [-0.05, 0) is 55.6 Å². The monoisotopic (exact) mass is 527 g/mol. The molecule has 1 N–H and O–H groups in total. The Kier molecular flexibility index (Phi) is 6.54. The van der Waals surface area contributed by atoms with Crippen molar-refractivity contribution in [2.24, 2.45) is 0 Å². The maximum atomic E-state index is 15.6. The molecule has 0 unspecified atom stereocenters. The summed E-state index contributed by atoms with van der Waals surface area (Å²) < 4.78 is 52.2. The van der Waals surface area contributed by atoms with Gasteiger partial charge in [-0.15, -0.1) is 15.3 Å². The van der Waals surface area contributed by atoms with E-state index in [0.29, 0.717) is 22.9 Å². The second-order valence-electron chi connectivity index (χ2n) is 9.45. The molecule has 0 amide bonds. The molecule has 0 aliphatic carbocycles. The first-order valence-electron chi connectivity index (χ1n) is 12.3. The van der Waals surface area contributed by atoms with E-state index >= 15 is 4.39 Å². The fourth-order valence-electron chi connectivity index (χ4n) is 4.89. The lowest BCUT2D eigenvalue weighted by Crippen LogP contribution is -2.58. The molecular formula is C25H24F3N7O3. The summed E-state index contributed by atoms with van der Waals surface area (Å²) in [5.41, 5.74) is 1.53. The van der Waals surface area contributed by atoms with E-state index in [1.54, 1.807) is 30.3 Å². The third kappa shape index (κ3) is 4.74. The summed E-state index contributed by atoms with van der Waals surface area (Å²) in [6, 6.07) is 8.79. The molecule has 0 bridgehead atoms. The molecule has 198 valence electrons. The normalized spacial score (nSPS) is 17.3. The van der Waals surface area contributed by atoms with Crippen LogP contribution in [0.1, 0.15) is 42.3 Å². The smallest absolute Gasteiger partial charge is 0.415 e. The summed E-state index contributed by atoms with van der Waals surface area (Å²) in [7, 11) is 0. The Bertz CT molecular complexity index is 1470. The summed E-state index contributed by atoms with van der Waals surface area (Å²) in [5, 5.41) is 14.4. The Morgan fingerprint density at radius 2 is 1.87 bits per heavy atom. The molecule has 1 aromatic carbocycles. The number of nitrogens with one attached hydrogen (secondary N) is 1. The predicted molar refractivity (Wildman–Crippen MR) is 128 cm³/mol. The number of piperidine rings is 1. The zero-order chi connectivity index (χ0) is 26.2. The number of nitrogens with zero attached hydrogens (tertiary/aromatic N) is 6. The minimum Gasteiger partial charge on any atom is -0.415 e. The summed E-state index contributed by atoms with van der Waals surface area (Å²) in [4.78, 5) is 19.1. The highest BCUT2D eigenvalue weighted by atomic mass is 19.3. The molecule has 10 nitrogen and oxygen atoms in total. The molecule has 5 heterocycles. The van der Waals surface area contributed by atoms with Crippen LogP contribution in [-0.2, 0) is 6.54 Å². The van der Waals surface area contributed by atoms with Crippen molar-refractivity contribution in [2.45, 2.75) is 37.8 Å². The molecule has 2 aliphatic heterocycles. The van der Waals surface area contributed by atoms with Gasteiger partial charge in [-0.3, -0.25) is 9.88 Å². The van der Waals surface area contributed by atoms with Crippen molar-refractivity contribution >= 4 is 0 Å². The van der Waals surface area contributed by atoms with E-state index in [4.69, 9.17) is 8.83 Å². The van der Waals surface area contributed by atoms with E-state index < -0.39 is 23.9 Å². The average molecular weight is 528 g/mol. The Labute approximate surface area is 214 Å². The van der Waals surface area contributed by atoms with E-state index in [0.717, 1.165) is 43.7 Å². The van der Waals surface area contributed by atoms with Crippen LogP contribution in [0.25, 0.3) is 22.9 Å². The number of hydrogen-bond acceptors (Lipinski definition) is 9. The molecule has 0 atom stereocenters. The summed E-state index contributed by atoms with van der Waals surface area (Å²) in [6.45, 7) is 3.84. The Hall–Kier alpha value is -3.84. The number of aromatic nitrogens is 5. The third-order valence-corrected chi connectivity index (χ3v) is 7.12. The van der Waals surface area contributed by atoms with E-state index in [2.05, 4.69) is 30.5 Å². The highest BCUT2D eigenvalue weighted by Gasteiger charge is 2.31. The van der Waals surface area contributed by atoms with Crippen LogP contribution < -0.4 is 11.1 Å². The van der Waals surface area contributed by atoms with Crippen molar-refractivity contribution in [2.75, 3.05) is 26.2 Å². The molecule has 4 aromatic rings. The minimum absolute atomic E-state index is 0.0372. The van der Waals surface area contributed by atoms with Gasteiger partial charge in [-0.2, -0.15) is 13.5 Å². The van der Waals surface area contributed by atoms with Crippen molar-refractivity contribution in [3.05, 3.63) is 70.0 Å². The molecular weight excluding hydrogens is 503 g/mol. The van der Waals surface area contributed by atoms with Crippen molar-refractivity contribution in [1.29, 1.82) is 0 Å². The highest BCUT2D eigenvalue weighted by Crippen LogP contribution is 2.34. The summed E-state index contributed by atoms with van der Waals surface area (Å²) in [6.07, 6.45) is 0.221. The Balaban J connectivity index is 1.17. The van der Waals surface area contributed by atoms with Gasteiger partial charge in [0, 0.05) is 25.3 Å². The van der Waals surface area contributed by atoms with Gasteiger partial charge < -0.3 is 14.2 Å². The van der Waals surface area contributed by atoms with Gasteiger partial charge in [0.25, 0.3) is 11.8 Å². The molecule has 6 rings (SSSR count). The van der Waals surface area contributed by atoms with E-state index in [1.807, 2.05) is 0 Å². The van der Waals surface area contributed by atoms with Gasteiger partial charge in [0.05, 0.1) is 23.4 Å². The molecule has 2 saturated heterocycles. The molecule has 2 fully saturated rings. The predicted octanol–water partition coefficient (Wildman–Crippen LogP) is 3.22. The van der Waals surface area contributed by atoms with Crippen molar-refractivity contribution in [1.82, 2.24) is 35.2 Å². The van der Waals surface area contributed by atoms with Crippen LogP contribution in [0, 0.1) is 5.82 Å². The summed E-state index contributed by atoms with van der Waals surface area (Å²) >= 11 is 0. The number of pyridine rings is 1. The van der Waals surface area contributed by atoms with Gasteiger partial charge in [0.1, 0.15) is 5.82 Å². The van der Waals surface area contributed by atoms with Gasteiger partial charge in [0.15, 0.2) is 0 Å². The first-order chi connectivity index (χ1) is 18.5. The minimum atomic E-state index is -2.87. The molecule has 0 radical (unpaired) electrons. The van der Waals surface area contributed by atoms with E-state index in [-0.39, 0.29) is 29.8 Å². The SMILES string of the molecule is O=c1oc(-c2cccc(C3CCN(C4CNC4)CC3)c2F)nn1Cc1ccc(-c2nnc(C(F)F)o2)cn1. The maximum absolute atomic E-state index is 15.6. The molecule has 0 saturated carbocycles. The van der Waals surface area contributed by atoms with Gasteiger partial charge >= 0.3 is 12.2 Å². The van der Waals surface area contributed by atoms with Crippen LogP contribution in [-0.4, -0.2) is 62.1 Å². The van der Waals surface area contributed by atoms with Crippen molar-refractivity contribution in [3.63, 3.8) is 0 Å². The lowest BCUT2D eigenvalue weighted by Gasteiger charge is -2.42. The largest absolute Gasteiger partial charge is 0.437 e.